The second-order valence-electron chi connectivity index (χ2n) is 5.41. The number of rotatable bonds is 4. The molecule has 3 N–H and O–H groups in total. The van der Waals surface area contributed by atoms with Gasteiger partial charge in [0, 0.05) is 40.7 Å². The molecule has 0 aliphatic heterocycles. The van der Waals surface area contributed by atoms with Gasteiger partial charge in [-0.15, -0.1) is 10.2 Å². The lowest BCUT2D eigenvalue weighted by Gasteiger charge is -2.06. The number of aromatic amines is 1. The van der Waals surface area contributed by atoms with E-state index in [2.05, 4.69) is 20.2 Å². The van der Waals surface area contributed by atoms with Crippen molar-refractivity contribution in [2.24, 2.45) is 0 Å². The van der Waals surface area contributed by atoms with E-state index in [1.807, 2.05) is 36.4 Å². The Balaban J connectivity index is 1.63. The summed E-state index contributed by atoms with van der Waals surface area (Å²) >= 11 is 1.44. The second kappa shape index (κ2) is 6.40. The predicted molar refractivity (Wildman–Crippen MR) is 97.5 cm³/mol. The summed E-state index contributed by atoms with van der Waals surface area (Å²) < 4.78 is 1.45. The number of nitrogens with zero attached hydrogens (tertiary/aromatic N) is 4. The van der Waals surface area contributed by atoms with Gasteiger partial charge in [0.1, 0.15) is 0 Å². The summed E-state index contributed by atoms with van der Waals surface area (Å²) in [4.78, 5) is 18.7. The molecular weight excluding hydrogens is 336 g/mol. The Labute approximate surface area is 146 Å². The minimum Gasteiger partial charge on any atom is -0.335 e. The maximum atomic E-state index is 11.8. The number of H-pyrrole nitrogens is 1. The molecule has 4 rings (SSSR count). The Kier molecular flexibility index (Phi) is 3.95. The average molecular weight is 350 g/mol. The number of nitrogens with two attached hydrogens (primary N) is 1. The van der Waals surface area contributed by atoms with Crippen LogP contribution in [0.15, 0.2) is 64.8 Å². The van der Waals surface area contributed by atoms with Crippen LogP contribution in [0.2, 0.25) is 0 Å². The highest BCUT2D eigenvalue weighted by atomic mass is 32.2. The Bertz CT molecular complexity index is 1090. The first-order valence-electron chi connectivity index (χ1n) is 7.57. The van der Waals surface area contributed by atoms with Gasteiger partial charge in [-0.05, 0) is 23.8 Å². The van der Waals surface area contributed by atoms with Gasteiger partial charge in [-0.25, -0.2) is 4.68 Å². The molecule has 0 radical (unpaired) electrons. The van der Waals surface area contributed by atoms with Crippen molar-refractivity contribution in [2.75, 3.05) is 5.84 Å². The maximum Gasteiger partial charge on any atom is 0.248 e. The minimum atomic E-state index is -0.124. The van der Waals surface area contributed by atoms with Crippen molar-refractivity contribution in [3.63, 3.8) is 0 Å². The molecule has 124 valence electrons. The van der Waals surface area contributed by atoms with Gasteiger partial charge in [0.05, 0.1) is 0 Å². The van der Waals surface area contributed by atoms with E-state index < -0.39 is 0 Å². The zero-order valence-electron chi connectivity index (χ0n) is 13.1. The van der Waals surface area contributed by atoms with Gasteiger partial charge < -0.3 is 10.8 Å². The van der Waals surface area contributed by atoms with E-state index in [0.29, 0.717) is 16.7 Å². The first kappa shape index (κ1) is 15.4. The molecule has 0 amide bonds. The van der Waals surface area contributed by atoms with Crippen LogP contribution in [0.25, 0.3) is 22.3 Å². The third-order valence-corrected chi connectivity index (χ3v) is 4.79. The molecule has 0 saturated heterocycles. The second-order valence-corrected chi connectivity index (χ2v) is 6.35. The van der Waals surface area contributed by atoms with Crippen LogP contribution in [-0.2, 0) is 5.75 Å². The molecule has 3 aromatic heterocycles. The van der Waals surface area contributed by atoms with Crippen LogP contribution in [-0.4, -0.2) is 24.8 Å². The molecule has 1 aromatic carbocycles. The van der Waals surface area contributed by atoms with Gasteiger partial charge in [-0.1, -0.05) is 30.0 Å². The number of benzene rings is 1. The van der Waals surface area contributed by atoms with Gasteiger partial charge in [-0.2, -0.15) is 0 Å². The largest absolute Gasteiger partial charge is 0.335 e. The van der Waals surface area contributed by atoms with Crippen LogP contribution < -0.4 is 11.4 Å². The van der Waals surface area contributed by atoms with Crippen LogP contribution in [0.3, 0.4) is 0 Å². The summed E-state index contributed by atoms with van der Waals surface area (Å²) in [7, 11) is 0. The Morgan fingerprint density at radius 1 is 1.12 bits per heavy atom. The number of hydrogen-bond acceptors (Lipinski definition) is 6. The first-order valence-corrected chi connectivity index (χ1v) is 8.55. The van der Waals surface area contributed by atoms with Crippen molar-refractivity contribution in [2.45, 2.75) is 10.9 Å². The van der Waals surface area contributed by atoms with E-state index in [0.717, 1.165) is 22.0 Å². The van der Waals surface area contributed by atoms with Crippen molar-refractivity contribution in [1.29, 1.82) is 0 Å². The lowest BCUT2D eigenvalue weighted by atomic mass is 10.1. The molecule has 0 spiro atoms. The molecule has 7 nitrogen and oxygen atoms in total. The van der Waals surface area contributed by atoms with Gasteiger partial charge in [-0.3, -0.25) is 9.78 Å². The average Bonchev–Trinajstić information content (AvgIpc) is 3.01. The Hall–Kier alpha value is -3.13. The van der Waals surface area contributed by atoms with E-state index in [-0.39, 0.29) is 5.56 Å². The number of aromatic nitrogens is 5. The summed E-state index contributed by atoms with van der Waals surface area (Å²) in [5.41, 5.74) is 2.47. The molecular formula is C17H14N6OS. The van der Waals surface area contributed by atoms with Crippen molar-refractivity contribution >= 4 is 22.7 Å². The summed E-state index contributed by atoms with van der Waals surface area (Å²) in [6.45, 7) is 0. The molecule has 0 aliphatic rings. The summed E-state index contributed by atoms with van der Waals surface area (Å²) in [6, 6.07) is 13.0. The molecule has 3 heterocycles. The molecule has 4 aromatic rings. The summed E-state index contributed by atoms with van der Waals surface area (Å²) in [6.07, 6.45) is 3.36. The normalized spacial score (nSPS) is 11.0. The van der Waals surface area contributed by atoms with E-state index in [9.17, 15) is 4.79 Å². The van der Waals surface area contributed by atoms with Crippen LogP contribution in [0, 0.1) is 0 Å². The molecule has 0 aliphatic carbocycles. The number of nitrogen functional groups attached to an aromatic ring is 1. The Morgan fingerprint density at radius 2 is 1.92 bits per heavy atom. The van der Waals surface area contributed by atoms with E-state index >= 15 is 0 Å². The number of thioether (sulfide) groups is 1. The maximum absolute atomic E-state index is 11.8. The Morgan fingerprint density at radius 3 is 2.76 bits per heavy atom. The molecule has 0 bridgehead atoms. The van der Waals surface area contributed by atoms with Crippen molar-refractivity contribution < 1.29 is 0 Å². The SMILES string of the molecule is Nn1c(SCc2cc(=O)[nH]c3ccccc23)nnc1-c1ccncc1. The molecule has 8 heteroatoms. The van der Waals surface area contributed by atoms with Gasteiger partial charge in [0.2, 0.25) is 10.7 Å². The molecule has 25 heavy (non-hydrogen) atoms. The van der Waals surface area contributed by atoms with Crippen LogP contribution in [0.5, 0.6) is 0 Å². The summed E-state index contributed by atoms with van der Waals surface area (Å²) in [5, 5.41) is 9.89. The monoisotopic (exact) mass is 350 g/mol. The lowest BCUT2D eigenvalue weighted by molar-refractivity contribution is 0.849. The first-order chi connectivity index (χ1) is 12.2. The zero-order chi connectivity index (χ0) is 17.2. The molecule has 0 unspecified atom stereocenters. The number of para-hydroxylation sites is 1. The van der Waals surface area contributed by atoms with Gasteiger partial charge in [0.15, 0.2) is 5.82 Å². The summed E-state index contributed by atoms with van der Waals surface area (Å²) in [5.74, 6) is 7.26. The predicted octanol–water partition coefficient (Wildman–Crippen LogP) is 2.19. The highest BCUT2D eigenvalue weighted by Gasteiger charge is 2.13. The van der Waals surface area contributed by atoms with Gasteiger partial charge in [0.25, 0.3) is 0 Å². The lowest BCUT2D eigenvalue weighted by Crippen LogP contribution is -2.12. The molecule has 0 atom stereocenters. The van der Waals surface area contributed by atoms with Crippen molar-refractivity contribution in [3.05, 3.63) is 70.8 Å². The van der Waals surface area contributed by atoms with E-state index in [4.69, 9.17) is 5.84 Å². The minimum absolute atomic E-state index is 0.124. The van der Waals surface area contributed by atoms with Crippen LogP contribution in [0.4, 0.5) is 0 Å². The van der Waals surface area contributed by atoms with Crippen molar-refractivity contribution in [3.8, 4) is 11.4 Å². The topological polar surface area (TPSA) is 102 Å². The fourth-order valence-electron chi connectivity index (χ4n) is 2.61. The molecule has 0 fully saturated rings. The fourth-order valence-corrected chi connectivity index (χ4v) is 3.46. The number of fused-ring (bicyclic) bond motifs is 1. The number of nitrogens with one attached hydrogen (secondary N) is 1. The third kappa shape index (κ3) is 2.99. The highest BCUT2D eigenvalue weighted by molar-refractivity contribution is 7.98. The van der Waals surface area contributed by atoms with Crippen molar-refractivity contribution in [1.82, 2.24) is 24.8 Å². The fraction of sp³-hybridized carbons (Fsp3) is 0.0588. The van der Waals surface area contributed by atoms with Gasteiger partial charge >= 0.3 is 0 Å². The standard InChI is InChI=1S/C17H14N6OS/c18-23-16(11-5-7-19-8-6-11)21-22-17(23)25-10-12-9-15(24)20-14-4-2-1-3-13(12)14/h1-9H,10,18H2,(H,20,24). The molecule has 0 saturated carbocycles. The third-order valence-electron chi connectivity index (χ3n) is 3.80. The van der Waals surface area contributed by atoms with Crippen LogP contribution in [0.1, 0.15) is 5.56 Å². The smallest absolute Gasteiger partial charge is 0.248 e. The van der Waals surface area contributed by atoms with E-state index in [1.54, 1.807) is 18.5 Å². The van der Waals surface area contributed by atoms with Crippen LogP contribution >= 0.6 is 11.8 Å². The van der Waals surface area contributed by atoms with E-state index in [1.165, 1.54) is 16.4 Å². The number of pyridine rings is 2. The number of hydrogen-bond donors (Lipinski definition) is 2. The zero-order valence-corrected chi connectivity index (χ0v) is 13.9. The highest BCUT2D eigenvalue weighted by Crippen LogP contribution is 2.26. The quantitative estimate of drug-likeness (QED) is 0.432.